The molecule has 1 aliphatic rings. The number of rotatable bonds is 6. The lowest BCUT2D eigenvalue weighted by Gasteiger charge is -2.12. The molecule has 3 rings (SSSR count). The molecule has 0 unspecified atom stereocenters. The Kier molecular flexibility index (Phi) is 7.15. The second kappa shape index (κ2) is 9.60. The summed E-state index contributed by atoms with van der Waals surface area (Å²) in [6.07, 6.45) is 1.64. The van der Waals surface area contributed by atoms with E-state index in [1.807, 2.05) is 6.07 Å². The Bertz CT molecular complexity index is 971. The van der Waals surface area contributed by atoms with E-state index >= 15 is 0 Å². The van der Waals surface area contributed by atoms with E-state index < -0.39 is 5.97 Å². The number of hydrogen-bond donors (Lipinski definition) is 0. The quantitative estimate of drug-likeness (QED) is 0.361. The fourth-order valence-electron chi connectivity index (χ4n) is 2.55. The van der Waals surface area contributed by atoms with Gasteiger partial charge in [0.2, 0.25) is 0 Å². The van der Waals surface area contributed by atoms with Crippen LogP contribution in [0.5, 0.6) is 5.75 Å². The maximum Gasteiger partial charge on any atom is 0.344 e. The number of carbonyl (C=O) groups excluding carboxylic acids is 3. The highest BCUT2D eigenvalue weighted by Crippen LogP contribution is 2.39. The summed E-state index contributed by atoms with van der Waals surface area (Å²) in [6.45, 7) is 1.78. The smallest absolute Gasteiger partial charge is 0.344 e. The number of hydrogen-bond acceptors (Lipinski definition) is 6. The van der Waals surface area contributed by atoms with E-state index in [-0.39, 0.29) is 24.4 Å². The van der Waals surface area contributed by atoms with Crippen molar-refractivity contribution < 1.29 is 23.9 Å². The molecule has 29 heavy (non-hydrogen) atoms. The second-order valence-corrected chi connectivity index (χ2v) is 8.46. The van der Waals surface area contributed by atoms with Crippen molar-refractivity contribution in [3.63, 3.8) is 0 Å². The summed E-state index contributed by atoms with van der Waals surface area (Å²) in [4.78, 5) is 38.0. The summed E-state index contributed by atoms with van der Waals surface area (Å²) < 4.78 is 11.5. The molecular formula is C20H15Br2NO5S. The van der Waals surface area contributed by atoms with Gasteiger partial charge < -0.3 is 9.47 Å². The summed E-state index contributed by atoms with van der Waals surface area (Å²) in [7, 11) is 0. The van der Waals surface area contributed by atoms with Gasteiger partial charge in [-0.3, -0.25) is 9.59 Å². The van der Waals surface area contributed by atoms with Gasteiger partial charge in [0.1, 0.15) is 5.75 Å². The monoisotopic (exact) mass is 539 g/mol. The minimum absolute atomic E-state index is 0.222. The van der Waals surface area contributed by atoms with Crippen LogP contribution in [0.25, 0.3) is 6.08 Å². The molecule has 1 heterocycles. The minimum Gasteiger partial charge on any atom is -0.480 e. The van der Waals surface area contributed by atoms with Crippen LogP contribution in [0.1, 0.15) is 12.5 Å². The van der Waals surface area contributed by atoms with E-state index in [1.165, 1.54) is 0 Å². The molecule has 1 saturated heterocycles. The average Bonchev–Trinajstić information content (AvgIpc) is 2.95. The van der Waals surface area contributed by atoms with E-state index in [9.17, 15) is 14.4 Å². The molecule has 1 aliphatic heterocycles. The van der Waals surface area contributed by atoms with Crippen molar-refractivity contribution in [1.82, 2.24) is 0 Å². The number of anilines is 1. The third-order valence-corrected chi connectivity index (χ3v) is 5.81. The first-order chi connectivity index (χ1) is 13.9. The largest absolute Gasteiger partial charge is 0.480 e. The van der Waals surface area contributed by atoms with Gasteiger partial charge in [0.25, 0.3) is 11.1 Å². The Hall–Kier alpha value is -2.10. The number of benzene rings is 2. The molecule has 0 saturated carbocycles. The molecule has 2 aromatic carbocycles. The first kappa shape index (κ1) is 21.6. The van der Waals surface area contributed by atoms with E-state index in [0.717, 1.165) is 16.7 Å². The summed E-state index contributed by atoms with van der Waals surface area (Å²) >= 11 is 7.70. The topological polar surface area (TPSA) is 72.9 Å². The molecule has 0 aromatic heterocycles. The number of thioether (sulfide) groups is 1. The van der Waals surface area contributed by atoms with Crippen molar-refractivity contribution in [2.75, 3.05) is 18.1 Å². The van der Waals surface area contributed by atoms with Gasteiger partial charge in [-0.05, 0) is 86.5 Å². The predicted molar refractivity (Wildman–Crippen MR) is 119 cm³/mol. The number of amides is 2. The van der Waals surface area contributed by atoms with Crippen LogP contribution in [0.4, 0.5) is 10.5 Å². The number of halogens is 2. The molecule has 0 atom stereocenters. The van der Waals surface area contributed by atoms with Gasteiger partial charge in [0, 0.05) is 0 Å². The van der Waals surface area contributed by atoms with Crippen LogP contribution in [0, 0.1) is 0 Å². The Morgan fingerprint density at radius 2 is 1.79 bits per heavy atom. The van der Waals surface area contributed by atoms with E-state index in [2.05, 4.69) is 31.9 Å². The maximum atomic E-state index is 12.7. The van der Waals surface area contributed by atoms with Gasteiger partial charge in [-0.25, -0.2) is 9.69 Å². The SMILES string of the molecule is CCOC(=O)COc1c(Br)cc(/C=C2\SC(=O)N(c3ccccc3)C2=O)cc1Br. The predicted octanol–water partition coefficient (Wildman–Crippen LogP) is 5.39. The Balaban J connectivity index is 1.81. The lowest BCUT2D eigenvalue weighted by molar-refractivity contribution is -0.145. The summed E-state index contributed by atoms with van der Waals surface area (Å²) in [6, 6.07) is 12.3. The number of imide groups is 1. The highest BCUT2D eigenvalue weighted by Gasteiger charge is 2.36. The molecular weight excluding hydrogens is 526 g/mol. The molecule has 0 bridgehead atoms. The molecule has 0 spiro atoms. The standard InChI is InChI=1S/C20H15Br2NO5S/c1-2-27-17(24)11-28-18-14(21)8-12(9-15(18)22)10-16-19(25)23(20(26)29-16)13-6-4-3-5-7-13/h3-10H,2,11H2,1H3/b16-10-. The minimum atomic E-state index is -0.468. The Labute approximate surface area is 188 Å². The fourth-order valence-corrected chi connectivity index (χ4v) is 4.85. The molecule has 0 N–H and O–H groups in total. The van der Waals surface area contributed by atoms with E-state index in [0.29, 0.717) is 30.9 Å². The van der Waals surface area contributed by atoms with Crippen LogP contribution in [0.3, 0.4) is 0 Å². The van der Waals surface area contributed by atoms with Crippen molar-refractivity contribution in [3.05, 3.63) is 61.9 Å². The van der Waals surface area contributed by atoms with Gasteiger partial charge in [-0.1, -0.05) is 18.2 Å². The third-order valence-electron chi connectivity index (χ3n) is 3.77. The van der Waals surface area contributed by atoms with E-state index in [4.69, 9.17) is 9.47 Å². The summed E-state index contributed by atoms with van der Waals surface area (Å²) in [5, 5.41) is -0.347. The average molecular weight is 541 g/mol. The van der Waals surface area contributed by atoms with Crippen LogP contribution in [-0.2, 0) is 14.3 Å². The van der Waals surface area contributed by atoms with Gasteiger partial charge >= 0.3 is 5.97 Å². The van der Waals surface area contributed by atoms with Crippen LogP contribution in [-0.4, -0.2) is 30.3 Å². The zero-order chi connectivity index (χ0) is 21.0. The lowest BCUT2D eigenvalue weighted by atomic mass is 10.2. The zero-order valence-corrected chi connectivity index (χ0v) is 19.2. The van der Waals surface area contributed by atoms with E-state index in [1.54, 1.807) is 49.4 Å². The number of esters is 1. The molecule has 0 aliphatic carbocycles. The molecule has 1 fully saturated rings. The van der Waals surface area contributed by atoms with Crippen molar-refractivity contribution in [1.29, 1.82) is 0 Å². The van der Waals surface area contributed by atoms with Crippen molar-refractivity contribution in [2.45, 2.75) is 6.92 Å². The summed E-state index contributed by atoms with van der Waals surface area (Å²) in [5.74, 6) is -0.404. The molecule has 0 radical (unpaired) electrons. The van der Waals surface area contributed by atoms with Crippen LogP contribution in [0.15, 0.2) is 56.3 Å². The van der Waals surface area contributed by atoms with Crippen molar-refractivity contribution >= 4 is 72.5 Å². The van der Waals surface area contributed by atoms with Crippen molar-refractivity contribution in [3.8, 4) is 5.75 Å². The number of ether oxygens (including phenoxy) is 2. The van der Waals surface area contributed by atoms with Crippen LogP contribution in [0.2, 0.25) is 0 Å². The number of carbonyl (C=O) groups is 3. The molecule has 9 heteroatoms. The normalized spacial score (nSPS) is 15.1. The summed E-state index contributed by atoms with van der Waals surface area (Å²) in [5.41, 5.74) is 1.22. The highest BCUT2D eigenvalue weighted by atomic mass is 79.9. The first-order valence-electron chi connectivity index (χ1n) is 8.51. The molecule has 150 valence electrons. The first-order valence-corrected chi connectivity index (χ1v) is 10.9. The number of nitrogens with zero attached hydrogens (tertiary/aromatic N) is 1. The van der Waals surface area contributed by atoms with Gasteiger partial charge in [0.15, 0.2) is 6.61 Å². The lowest BCUT2D eigenvalue weighted by Crippen LogP contribution is -2.27. The van der Waals surface area contributed by atoms with Gasteiger partial charge in [-0.15, -0.1) is 0 Å². The second-order valence-electron chi connectivity index (χ2n) is 5.76. The highest BCUT2D eigenvalue weighted by molar-refractivity contribution is 9.11. The zero-order valence-electron chi connectivity index (χ0n) is 15.2. The molecule has 6 nitrogen and oxygen atoms in total. The number of para-hydroxylation sites is 1. The van der Waals surface area contributed by atoms with Gasteiger partial charge in [0.05, 0.1) is 26.1 Å². The maximum absolute atomic E-state index is 12.7. The van der Waals surface area contributed by atoms with Crippen LogP contribution >= 0.6 is 43.6 Å². The van der Waals surface area contributed by atoms with Crippen LogP contribution < -0.4 is 9.64 Å². The fraction of sp³-hybridized carbons (Fsp3) is 0.150. The Morgan fingerprint density at radius 3 is 2.41 bits per heavy atom. The molecule has 2 aromatic rings. The van der Waals surface area contributed by atoms with Crippen molar-refractivity contribution in [2.24, 2.45) is 0 Å². The van der Waals surface area contributed by atoms with Gasteiger partial charge in [-0.2, -0.15) is 0 Å². The Morgan fingerprint density at radius 1 is 1.14 bits per heavy atom. The molecule has 2 amide bonds. The third kappa shape index (κ3) is 5.09.